The maximum Gasteiger partial charge on any atom is 0.186 e. The Kier molecular flexibility index (Phi) is 4.89. The summed E-state index contributed by atoms with van der Waals surface area (Å²) in [4.78, 5) is 14.3. The number of para-hydroxylation sites is 1. The van der Waals surface area contributed by atoms with Gasteiger partial charge in [-0.05, 0) is 36.8 Å². The Morgan fingerprint density at radius 3 is 2.07 bits per heavy atom. The minimum Gasteiger partial charge on any atom is -0.345 e. The van der Waals surface area contributed by atoms with Gasteiger partial charge in [-0.3, -0.25) is 0 Å². The van der Waals surface area contributed by atoms with Gasteiger partial charge < -0.3 is 9.80 Å². The second kappa shape index (κ2) is 7.33. The summed E-state index contributed by atoms with van der Waals surface area (Å²) in [6.07, 6.45) is 1.23. The maximum absolute atomic E-state index is 12.1. The Labute approximate surface area is 187 Å². The van der Waals surface area contributed by atoms with Crippen LogP contribution in [0.2, 0.25) is 5.02 Å². The predicted molar refractivity (Wildman–Crippen MR) is 127 cm³/mol. The van der Waals surface area contributed by atoms with Gasteiger partial charge >= 0.3 is 0 Å². The van der Waals surface area contributed by atoms with Crippen molar-refractivity contribution >= 4 is 74.8 Å². The van der Waals surface area contributed by atoms with Gasteiger partial charge in [-0.1, -0.05) is 40.3 Å². The van der Waals surface area contributed by atoms with E-state index in [1.54, 1.807) is 34.8 Å². The molecule has 6 nitrogen and oxygen atoms in total. The number of hydrogen-bond donors (Lipinski definition) is 0. The van der Waals surface area contributed by atoms with Crippen LogP contribution in [0, 0.1) is 6.92 Å². The molecule has 0 unspecified atom stereocenters. The molecule has 1 saturated heterocycles. The average molecular weight is 479 g/mol. The van der Waals surface area contributed by atoms with Gasteiger partial charge in [0.25, 0.3) is 0 Å². The van der Waals surface area contributed by atoms with Crippen molar-refractivity contribution in [3.05, 3.63) is 40.9 Å². The number of fused-ring (bicyclic) bond motifs is 2. The first kappa shape index (κ1) is 20.0. The number of hydrogen-bond acceptors (Lipinski definition) is 8. The maximum atomic E-state index is 12.1. The number of aryl methyl sites for hydroxylation is 1. The zero-order valence-corrected chi connectivity index (χ0v) is 19.6. The van der Waals surface area contributed by atoms with Crippen LogP contribution < -0.4 is 9.80 Å². The predicted octanol–water partition coefficient (Wildman–Crippen LogP) is 4.60. The van der Waals surface area contributed by atoms with E-state index in [0.29, 0.717) is 10.4 Å². The lowest BCUT2D eigenvalue weighted by Crippen LogP contribution is -2.46. The molecule has 0 atom stereocenters. The smallest absolute Gasteiger partial charge is 0.186 e. The number of aromatic nitrogens is 2. The molecule has 3 heterocycles. The lowest BCUT2D eigenvalue weighted by Gasteiger charge is -2.34. The van der Waals surface area contributed by atoms with Crippen molar-refractivity contribution in [3.8, 4) is 0 Å². The van der Waals surface area contributed by atoms with Gasteiger partial charge in [0.1, 0.15) is 5.52 Å². The second-order valence-corrected chi connectivity index (χ2v) is 11.8. The number of halogens is 1. The van der Waals surface area contributed by atoms with Crippen molar-refractivity contribution in [1.82, 2.24) is 9.97 Å². The molecule has 1 aliphatic rings. The lowest BCUT2D eigenvalue weighted by molar-refractivity contribution is 0.602. The molecule has 30 heavy (non-hydrogen) atoms. The molecular formula is C20H19ClN4O2S3. The van der Waals surface area contributed by atoms with Gasteiger partial charge in [-0.25, -0.2) is 18.4 Å². The summed E-state index contributed by atoms with van der Waals surface area (Å²) in [6.45, 7) is 5.29. The summed E-state index contributed by atoms with van der Waals surface area (Å²) in [7, 11) is -3.31. The van der Waals surface area contributed by atoms with E-state index in [1.165, 1.54) is 6.26 Å². The van der Waals surface area contributed by atoms with Gasteiger partial charge in [0.15, 0.2) is 20.1 Å². The third-order valence-corrected chi connectivity index (χ3v) is 9.03. The van der Waals surface area contributed by atoms with Crippen LogP contribution in [0.1, 0.15) is 5.56 Å². The van der Waals surface area contributed by atoms with Gasteiger partial charge in [0.05, 0.1) is 19.8 Å². The number of benzene rings is 2. The molecule has 5 rings (SSSR count). The fourth-order valence-corrected chi connectivity index (χ4v) is 6.83. The van der Waals surface area contributed by atoms with E-state index in [9.17, 15) is 8.42 Å². The quantitative estimate of drug-likeness (QED) is 0.428. The van der Waals surface area contributed by atoms with Crippen LogP contribution in [0.5, 0.6) is 0 Å². The van der Waals surface area contributed by atoms with Crippen molar-refractivity contribution < 1.29 is 8.42 Å². The molecule has 1 aliphatic heterocycles. The molecule has 2 aromatic carbocycles. The van der Waals surface area contributed by atoms with Crippen molar-refractivity contribution in [2.75, 3.05) is 42.2 Å². The van der Waals surface area contributed by atoms with E-state index >= 15 is 0 Å². The molecule has 4 aromatic rings. The van der Waals surface area contributed by atoms with E-state index in [0.717, 1.165) is 61.9 Å². The SMILES string of the molecule is Cc1c(Cl)ccc2sc(N3CCN(c4nc5c(S(C)(=O)=O)cccc5s4)CC3)nc12. The van der Waals surface area contributed by atoms with E-state index in [1.807, 2.05) is 25.1 Å². The highest BCUT2D eigenvalue weighted by Gasteiger charge is 2.24. The number of sulfone groups is 1. The van der Waals surface area contributed by atoms with E-state index in [4.69, 9.17) is 16.6 Å². The Morgan fingerprint density at radius 1 is 0.900 bits per heavy atom. The second-order valence-electron chi connectivity index (χ2n) is 7.36. The van der Waals surface area contributed by atoms with Crippen molar-refractivity contribution in [2.24, 2.45) is 0 Å². The van der Waals surface area contributed by atoms with Crippen molar-refractivity contribution in [3.63, 3.8) is 0 Å². The molecule has 1 fully saturated rings. The zero-order valence-electron chi connectivity index (χ0n) is 16.4. The molecule has 0 amide bonds. The van der Waals surface area contributed by atoms with Crippen LogP contribution in [0.4, 0.5) is 10.3 Å². The van der Waals surface area contributed by atoms with Crippen LogP contribution in [0.25, 0.3) is 20.4 Å². The highest BCUT2D eigenvalue weighted by atomic mass is 35.5. The summed E-state index contributed by atoms with van der Waals surface area (Å²) in [5.41, 5.74) is 2.57. The van der Waals surface area contributed by atoms with Crippen molar-refractivity contribution in [1.29, 1.82) is 0 Å². The number of rotatable bonds is 3. The zero-order chi connectivity index (χ0) is 21.0. The molecule has 0 radical (unpaired) electrons. The minimum absolute atomic E-state index is 0.296. The van der Waals surface area contributed by atoms with E-state index in [2.05, 4.69) is 14.8 Å². The average Bonchev–Trinajstić information content (AvgIpc) is 3.34. The number of thiazole rings is 2. The Balaban J connectivity index is 1.38. The minimum atomic E-state index is -3.31. The summed E-state index contributed by atoms with van der Waals surface area (Å²) in [6, 6.07) is 9.29. The van der Waals surface area contributed by atoms with Crippen LogP contribution in [0.3, 0.4) is 0 Å². The van der Waals surface area contributed by atoms with Gasteiger partial charge in [0.2, 0.25) is 0 Å². The van der Waals surface area contributed by atoms with Gasteiger partial charge in [-0.15, -0.1) is 0 Å². The standard InChI is InChI=1S/C20H19ClN4O2S3/c1-12-13(21)6-7-15-17(12)22-19(29-15)24-8-10-25(11-9-24)20-23-18-14(28-20)4-3-5-16(18)30(2,26)27/h3-7H,8-11H2,1-2H3. The summed E-state index contributed by atoms with van der Waals surface area (Å²) < 4.78 is 26.2. The molecule has 0 bridgehead atoms. The molecule has 2 aromatic heterocycles. The van der Waals surface area contributed by atoms with Crippen LogP contribution in [-0.2, 0) is 9.84 Å². The molecular weight excluding hydrogens is 460 g/mol. The highest BCUT2D eigenvalue weighted by molar-refractivity contribution is 7.91. The third kappa shape index (κ3) is 3.43. The number of nitrogens with zero attached hydrogens (tertiary/aromatic N) is 4. The Morgan fingerprint density at radius 2 is 1.47 bits per heavy atom. The Hall–Kier alpha value is -1.94. The normalized spacial score (nSPS) is 15.4. The molecule has 0 N–H and O–H groups in total. The van der Waals surface area contributed by atoms with Gasteiger partial charge in [0, 0.05) is 37.5 Å². The number of anilines is 2. The molecule has 10 heteroatoms. The molecule has 0 saturated carbocycles. The highest BCUT2D eigenvalue weighted by Crippen LogP contribution is 2.36. The number of piperazine rings is 1. The van der Waals surface area contributed by atoms with E-state index < -0.39 is 9.84 Å². The monoisotopic (exact) mass is 478 g/mol. The lowest BCUT2D eigenvalue weighted by atomic mass is 10.2. The summed E-state index contributed by atoms with van der Waals surface area (Å²) >= 11 is 9.48. The first-order valence-corrected chi connectivity index (χ1v) is 13.4. The molecule has 0 aliphatic carbocycles. The fourth-order valence-electron chi connectivity index (χ4n) is 3.66. The molecule has 156 valence electrons. The van der Waals surface area contributed by atoms with Crippen LogP contribution in [-0.4, -0.2) is 50.8 Å². The summed E-state index contributed by atoms with van der Waals surface area (Å²) in [5.74, 6) is 0. The van der Waals surface area contributed by atoms with Crippen LogP contribution >= 0.6 is 34.3 Å². The summed E-state index contributed by atoms with van der Waals surface area (Å²) in [5, 5.41) is 2.62. The van der Waals surface area contributed by atoms with Gasteiger partial charge in [-0.2, -0.15) is 0 Å². The Bertz CT molecular complexity index is 1370. The first-order chi connectivity index (χ1) is 14.3. The topological polar surface area (TPSA) is 66.4 Å². The van der Waals surface area contributed by atoms with E-state index in [-0.39, 0.29) is 0 Å². The van der Waals surface area contributed by atoms with Crippen molar-refractivity contribution in [2.45, 2.75) is 11.8 Å². The third-order valence-electron chi connectivity index (χ3n) is 5.33. The first-order valence-electron chi connectivity index (χ1n) is 9.46. The largest absolute Gasteiger partial charge is 0.345 e. The molecule has 0 spiro atoms. The van der Waals surface area contributed by atoms with Crippen LogP contribution in [0.15, 0.2) is 35.2 Å². The fraction of sp³-hybridized carbons (Fsp3) is 0.300.